The maximum absolute atomic E-state index is 5.36. The molecule has 2 saturated carbocycles. The first-order valence-corrected chi connectivity index (χ1v) is 10.3. The minimum absolute atomic E-state index is 0.864. The lowest BCUT2D eigenvalue weighted by Gasteiger charge is -2.29. The van der Waals surface area contributed by atoms with E-state index in [0.717, 1.165) is 37.3 Å². The fourth-order valence-electron chi connectivity index (χ4n) is 4.36. The average molecular weight is 329 g/mol. The number of hydrogen-bond acceptors (Lipinski definition) is 5. The molecule has 0 aromatic carbocycles. The molecule has 5 heteroatoms. The molecule has 2 heterocycles. The van der Waals surface area contributed by atoms with Gasteiger partial charge in [-0.1, -0.05) is 24.4 Å². The lowest BCUT2D eigenvalue weighted by Crippen LogP contribution is -2.26. The zero-order valence-corrected chi connectivity index (χ0v) is 13.7. The van der Waals surface area contributed by atoms with Crippen LogP contribution in [-0.4, -0.2) is 10.5 Å². The third kappa shape index (κ3) is 1.43. The van der Waals surface area contributed by atoms with Gasteiger partial charge in [-0.05, 0) is 36.5 Å². The highest BCUT2D eigenvalue weighted by molar-refractivity contribution is 8.09. The van der Waals surface area contributed by atoms with Crippen molar-refractivity contribution in [1.82, 2.24) is 0 Å². The molecule has 0 saturated heterocycles. The van der Waals surface area contributed by atoms with E-state index in [1.54, 1.807) is 0 Å². The van der Waals surface area contributed by atoms with Gasteiger partial charge >= 0.3 is 0 Å². The Bertz CT molecular complexity index is 597. The molecule has 1 aromatic rings. The van der Waals surface area contributed by atoms with Gasteiger partial charge < -0.3 is 0 Å². The van der Waals surface area contributed by atoms with Crippen molar-refractivity contribution in [2.24, 2.45) is 23.7 Å². The van der Waals surface area contributed by atoms with Crippen molar-refractivity contribution in [3.8, 4) is 0 Å². The highest BCUT2D eigenvalue weighted by atomic mass is 32.2. The van der Waals surface area contributed by atoms with Gasteiger partial charge in [0.2, 0.25) is 0 Å². The molecule has 2 fully saturated rings. The van der Waals surface area contributed by atoms with Gasteiger partial charge in [0.05, 0.1) is 8.42 Å². The molecular weight excluding hydrogens is 316 g/mol. The smallest absolute Gasteiger partial charge is 0.109 e. The number of fused-ring (bicyclic) bond motifs is 8. The molecule has 0 spiro atoms. The van der Waals surface area contributed by atoms with E-state index in [0.29, 0.717) is 0 Å². The van der Waals surface area contributed by atoms with Crippen molar-refractivity contribution in [3.05, 3.63) is 15.3 Å². The average Bonchev–Trinajstić information content (AvgIpc) is 3.03. The molecule has 1 aromatic heterocycles. The molecule has 1 aliphatic heterocycles. The summed E-state index contributed by atoms with van der Waals surface area (Å²) in [5, 5.41) is 1.73. The van der Waals surface area contributed by atoms with Crippen molar-refractivity contribution in [3.63, 3.8) is 0 Å². The van der Waals surface area contributed by atoms with Gasteiger partial charge in [0.1, 0.15) is 3.14 Å². The van der Waals surface area contributed by atoms with Crippen molar-refractivity contribution in [1.29, 1.82) is 0 Å². The lowest BCUT2D eigenvalue weighted by atomic mass is 9.86. The Labute approximate surface area is 128 Å². The predicted molar refractivity (Wildman–Crippen MR) is 84.7 cm³/mol. The fourth-order valence-corrected chi connectivity index (χ4v) is 11.8. The van der Waals surface area contributed by atoms with Gasteiger partial charge in [0.25, 0.3) is 0 Å². The summed E-state index contributed by atoms with van der Waals surface area (Å²) >= 11 is 13.4. The van der Waals surface area contributed by atoms with Crippen LogP contribution in [0.4, 0.5) is 0 Å². The topological polar surface area (TPSA) is 0 Å². The first kappa shape index (κ1) is 11.4. The van der Waals surface area contributed by atoms with Crippen LogP contribution in [0.15, 0.2) is 20.6 Å². The predicted octanol–water partition coefficient (Wildman–Crippen LogP) is 5.32. The first-order valence-electron chi connectivity index (χ1n) is 6.45. The SMILES string of the molecule is S=c1sc2c(s1)S[C@@H]1C[C@H]3[C@H]([C@H]1S2)[C@@H]1C=C[C@@H]3C1. The number of hydrogen-bond donors (Lipinski definition) is 0. The van der Waals surface area contributed by atoms with Crippen LogP contribution in [0, 0.1) is 26.8 Å². The van der Waals surface area contributed by atoms with Crippen molar-refractivity contribution < 1.29 is 0 Å². The number of thioether (sulfide) groups is 2. The van der Waals surface area contributed by atoms with Crippen molar-refractivity contribution in [2.75, 3.05) is 0 Å². The first-order chi connectivity index (χ1) is 8.79. The van der Waals surface area contributed by atoms with Gasteiger partial charge in [-0.25, -0.2) is 0 Å². The molecule has 3 aliphatic carbocycles. The second-order valence-electron chi connectivity index (χ2n) is 5.69. The van der Waals surface area contributed by atoms with Crippen LogP contribution in [0.1, 0.15) is 12.8 Å². The Morgan fingerprint density at radius 1 is 1.00 bits per heavy atom. The third-order valence-corrected chi connectivity index (χ3v) is 11.4. The molecule has 18 heavy (non-hydrogen) atoms. The van der Waals surface area contributed by atoms with Crippen LogP contribution in [0.3, 0.4) is 0 Å². The molecule has 2 bridgehead atoms. The van der Waals surface area contributed by atoms with E-state index < -0.39 is 0 Å². The Morgan fingerprint density at radius 2 is 1.78 bits per heavy atom. The highest BCUT2D eigenvalue weighted by Gasteiger charge is 2.56. The summed E-state index contributed by atoms with van der Waals surface area (Å²) in [4.78, 5) is 0. The van der Waals surface area contributed by atoms with E-state index >= 15 is 0 Å². The third-order valence-electron chi connectivity index (χ3n) is 4.96. The number of rotatable bonds is 0. The Kier molecular flexibility index (Phi) is 2.45. The zero-order chi connectivity index (χ0) is 11.9. The second kappa shape index (κ2) is 3.88. The summed E-state index contributed by atoms with van der Waals surface area (Å²) in [6, 6.07) is 0. The Hall–Kier alpha value is 0.710. The van der Waals surface area contributed by atoms with E-state index in [1.165, 1.54) is 21.3 Å². The van der Waals surface area contributed by atoms with E-state index in [9.17, 15) is 0 Å². The van der Waals surface area contributed by atoms with Crippen LogP contribution < -0.4 is 0 Å². The molecule has 4 aliphatic rings. The summed E-state index contributed by atoms with van der Waals surface area (Å²) in [6.07, 6.45) is 7.94. The molecule has 0 unspecified atom stereocenters. The lowest BCUT2D eigenvalue weighted by molar-refractivity contribution is 0.369. The van der Waals surface area contributed by atoms with Crippen LogP contribution in [0.5, 0.6) is 0 Å². The molecular formula is C13H12S5. The normalized spacial score (nSPS) is 47.1. The van der Waals surface area contributed by atoms with Gasteiger partial charge in [0, 0.05) is 10.5 Å². The Morgan fingerprint density at radius 3 is 2.67 bits per heavy atom. The molecule has 0 nitrogen and oxygen atoms in total. The quantitative estimate of drug-likeness (QED) is 0.467. The molecule has 0 amide bonds. The van der Waals surface area contributed by atoms with Gasteiger partial charge in [0.15, 0.2) is 0 Å². The van der Waals surface area contributed by atoms with Crippen LogP contribution in [0.25, 0.3) is 0 Å². The standard InChI is InChI=1S/C13H12S5/c14-13-17-11-12(18-13)16-10-8(15-11)4-7-5-1-2-6(3-5)9(7)10/h1-2,5-10H,3-4H2/t5-,6-,7-,8-,9-,10+/m1/s1. The summed E-state index contributed by atoms with van der Waals surface area (Å²) in [7, 11) is 0. The van der Waals surface area contributed by atoms with Crippen molar-refractivity contribution >= 4 is 58.4 Å². The second-order valence-corrected chi connectivity index (χ2v) is 11.9. The zero-order valence-electron chi connectivity index (χ0n) is 9.57. The maximum Gasteiger partial charge on any atom is 0.145 e. The molecule has 6 atom stereocenters. The number of allylic oxidation sites excluding steroid dienone is 2. The largest absolute Gasteiger partial charge is 0.145 e. The van der Waals surface area contributed by atoms with Crippen LogP contribution in [0.2, 0.25) is 0 Å². The molecule has 94 valence electrons. The summed E-state index contributed by atoms with van der Waals surface area (Å²) in [5.74, 6) is 3.78. The minimum atomic E-state index is 0.864. The van der Waals surface area contributed by atoms with Crippen molar-refractivity contribution in [2.45, 2.75) is 31.8 Å². The van der Waals surface area contributed by atoms with Gasteiger partial charge in [-0.15, -0.1) is 46.2 Å². The summed E-state index contributed by atoms with van der Waals surface area (Å²) < 4.78 is 4.17. The van der Waals surface area contributed by atoms with Crippen LogP contribution in [-0.2, 0) is 0 Å². The van der Waals surface area contributed by atoms with E-state index in [2.05, 4.69) is 35.7 Å². The van der Waals surface area contributed by atoms with E-state index in [1.807, 2.05) is 22.7 Å². The fraction of sp³-hybridized carbons (Fsp3) is 0.615. The van der Waals surface area contributed by atoms with E-state index in [4.69, 9.17) is 12.2 Å². The summed E-state index contributed by atoms with van der Waals surface area (Å²) in [6.45, 7) is 0. The highest BCUT2D eigenvalue weighted by Crippen LogP contribution is 2.65. The van der Waals surface area contributed by atoms with Crippen LogP contribution >= 0.6 is 58.4 Å². The van der Waals surface area contributed by atoms with Gasteiger partial charge in [-0.2, -0.15) is 0 Å². The molecule has 0 N–H and O–H groups in total. The molecule has 5 rings (SSSR count). The van der Waals surface area contributed by atoms with Gasteiger partial charge in [-0.3, -0.25) is 0 Å². The monoisotopic (exact) mass is 328 g/mol. The Balaban J connectivity index is 1.55. The van der Waals surface area contributed by atoms with E-state index in [-0.39, 0.29) is 0 Å². The molecule has 0 radical (unpaired) electrons. The minimum Gasteiger partial charge on any atom is -0.109 e. The summed E-state index contributed by atoms with van der Waals surface area (Å²) in [5.41, 5.74) is 0. The maximum atomic E-state index is 5.36.